The van der Waals surface area contributed by atoms with E-state index in [4.69, 9.17) is 4.74 Å². The molecule has 1 heterocycles. The number of hydrogen-bond donors (Lipinski definition) is 1. The largest absolute Gasteiger partial charge is 0.496 e. The van der Waals surface area contributed by atoms with Crippen LogP contribution < -0.4 is 10.1 Å². The normalized spacial score (nSPS) is 18.9. The summed E-state index contributed by atoms with van der Waals surface area (Å²) in [5, 5.41) is 2.95. The van der Waals surface area contributed by atoms with Gasteiger partial charge in [-0.3, -0.25) is 9.59 Å². The van der Waals surface area contributed by atoms with Gasteiger partial charge in [0, 0.05) is 24.2 Å². The lowest BCUT2D eigenvalue weighted by Gasteiger charge is -2.41. The molecule has 2 amide bonds. The van der Waals surface area contributed by atoms with Crippen molar-refractivity contribution in [1.29, 1.82) is 0 Å². The smallest absolute Gasteiger partial charge is 0.229 e. The average molecular weight is 413 g/mol. The fourth-order valence-corrected chi connectivity index (χ4v) is 4.11. The molecule has 5 nitrogen and oxygen atoms in total. The number of piperidine rings is 1. The molecule has 1 aliphatic heterocycles. The summed E-state index contributed by atoms with van der Waals surface area (Å²) in [6.07, 6.45) is 2.60. The summed E-state index contributed by atoms with van der Waals surface area (Å²) in [6, 6.07) is 11.4. The van der Waals surface area contributed by atoms with Crippen molar-refractivity contribution >= 4 is 17.5 Å². The van der Waals surface area contributed by atoms with Gasteiger partial charge in [-0.25, -0.2) is 4.39 Å². The number of hydrogen-bond acceptors (Lipinski definition) is 3. The molecule has 1 aliphatic rings. The van der Waals surface area contributed by atoms with Crippen LogP contribution in [0.5, 0.6) is 5.75 Å². The second-order valence-corrected chi connectivity index (χ2v) is 7.72. The molecule has 1 N–H and O–H groups in total. The van der Waals surface area contributed by atoms with Crippen molar-refractivity contribution in [2.24, 2.45) is 5.92 Å². The monoisotopic (exact) mass is 412 g/mol. The molecule has 6 heteroatoms. The number of likely N-dealkylation sites (tertiary alicyclic amines) is 1. The number of carbonyl (C=O) groups is 2. The van der Waals surface area contributed by atoms with Crippen LogP contribution in [-0.2, 0) is 9.59 Å². The topological polar surface area (TPSA) is 58.6 Å². The molecule has 1 saturated heterocycles. The van der Waals surface area contributed by atoms with E-state index in [1.807, 2.05) is 29.2 Å². The Balaban J connectivity index is 1.97. The Bertz CT molecular complexity index is 915. The summed E-state index contributed by atoms with van der Waals surface area (Å²) in [5.74, 6) is -0.225. The quantitative estimate of drug-likeness (QED) is 0.706. The molecule has 0 spiro atoms. The molecule has 0 unspecified atom stereocenters. The molecule has 160 valence electrons. The van der Waals surface area contributed by atoms with Crippen molar-refractivity contribution in [2.75, 3.05) is 19.0 Å². The first-order valence-electron chi connectivity index (χ1n) is 10.5. The van der Waals surface area contributed by atoms with Gasteiger partial charge in [0.25, 0.3) is 0 Å². The van der Waals surface area contributed by atoms with E-state index in [1.54, 1.807) is 20.1 Å². The minimum absolute atomic E-state index is 0.0568. The van der Waals surface area contributed by atoms with Crippen molar-refractivity contribution < 1.29 is 18.7 Å². The van der Waals surface area contributed by atoms with Gasteiger partial charge in [0.05, 0.1) is 19.1 Å². The average Bonchev–Trinajstić information content (AvgIpc) is 2.74. The van der Waals surface area contributed by atoms with Crippen molar-refractivity contribution in [3.05, 3.63) is 59.4 Å². The number of aryl methyl sites for hydroxylation is 1. The first-order chi connectivity index (χ1) is 14.5. The summed E-state index contributed by atoms with van der Waals surface area (Å²) >= 11 is 0. The molecule has 0 aromatic heterocycles. The van der Waals surface area contributed by atoms with Gasteiger partial charge in [-0.2, -0.15) is 0 Å². The lowest BCUT2D eigenvalue weighted by molar-refractivity contribution is -0.142. The fourth-order valence-electron chi connectivity index (χ4n) is 4.11. The summed E-state index contributed by atoms with van der Waals surface area (Å²) < 4.78 is 19.0. The highest BCUT2D eigenvalue weighted by Gasteiger charge is 2.41. The number of methoxy groups -OCH3 is 1. The Hall–Kier alpha value is -2.89. The van der Waals surface area contributed by atoms with E-state index in [-0.39, 0.29) is 17.6 Å². The standard InChI is InChI=1S/C24H29FN2O3/c1-4-5-14-27-22(28)13-11-19(23(27)18-8-6-7-9-21(18)30-3)24(29)26-20-12-10-17(25)15-16(20)2/h6-10,12,15,19,23H,4-5,11,13-14H2,1-3H3,(H,26,29)/t19-,23+/m1/s1. The van der Waals surface area contributed by atoms with Gasteiger partial charge in [-0.15, -0.1) is 0 Å². The number of carbonyl (C=O) groups excluding carboxylic acids is 2. The number of rotatable bonds is 7. The number of nitrogens with one attached hydrogen (secondary N) is 1. The van der Waals surface area contributed by atoms with Gasteiger partial charge in [0.15, 0.2) is 0 Å². The van der Waals surface area contributed by atoms with E-state index in [0.29, 0.717) is 36.4 Å². The Labute approximate surface area is 177 Å². The highest BCUT2D eigenvalue weighted by Crippen LogP contribution is 2.41. The van der Waals surface area contributed by atoms with E-state index in [1.165, 1.54) is 12.1 Å². The molecule has 0 bridgehead atoms. The molecule has 0 radical (unpaired) electrons. The van der Waals surface area contributed by atoms with E-state index >= 15 is 0 Å². The Morgan fingerprint density at radius 2 is 2.03 bits per heavy atom. The summed E-state index contributed by atoms with van der Waals surface area (Å²) in [7, 11) is 1.59. The molecule has 30 heavy (non-hydrogen) atoms. The van der Waals surface area contributed by atoms with E-state index in [9.17, 15) is 14.0 Å². The minimum Gasteiger partial charge on any atom is -0.496 e. The number of ether oxygens (including phenoxy) is 1. The third kappa shape index (κ3) is 4.64. The summed E-state index contributed by atoms with van der Waals surface area (Å²) in [4.78, 5) is 28.0. The van der Waals surface area contributed by atoms with Crippen LogP contribution in [0.25, 0.3) is 0 Å². The molecule has 0 saturated carbocycles. The minimum atomic E-state index is -0.430. The third-order valence-electron chi connectivity index (χ3n) is 5.70. The first-order valence-corrected chi connectivity index (χ1v) is 10.5. The van der Waals surface area contributed by atoms with Crippen LogP contribution in [0, 0.1) is 18.7 Å². The number of unbranched alkanes of at least 4 members (excludes halogenated alkanes) is 1. The zero-order valence-electron chi connectivity index (χ0n) is 17.8. The molecular formula is C24H29FN2O3. The van der Waals surface area contributed by atoms with Crippen molar-refractivity contribution in [3.8, 4) is 5.75 Å². The van der Waals surface area contributed by atoms with Crippen molar-refractivity contribution in [2.45, 2.75) is 45.6 Å². The maximum Gasteiger partial charge on any atom is 0.229 e. The highest BCUT2D eigenvalue weighted by atomic mass is 19.1. The summed E-state index contributed by atoms with van der Waals surface area (Å²) in [6.45, 7) is 4.43. The highest BCUT2D eigenvalue weighted by molar-refractivity contribution is 5.95. The number of anilines is 1. The van der Waals surface area contributed by atoms with E-state index in [0.717, 1.165) is 18.4 Å². The van der Waals surface area contributed by atoms with Crippen LogP contribution in [0.1, 0.15) is 49.8 Å². The molecule has 0 aliphatic carbocycles. The van der Waals surface area contributed by atoms with Crippen LogP contribution in [0.3, 0.4) is 0 Å². The molecular weight excluding hydrogens is 383 g/mol. The van der Waals surface area contributed by atoms with Crippen LogP contribution in [-0.4, -0.2) is 30.4 Å². The third-order valence-corrected chi connectivity index (χ3v) is 5.70. The first kappa shape index (κ1) is 21.8. The number of para-hydroxylation sites is 1. The van der Waals surface area contributed by atoms with Gasteiger partial charge in [0.2, 0.25) is 11.8 Å². The van der Waals surface area contributed by atoms with Gasteiger partial charge in [0.1, 0.15) is 11.6 Å². The van der Waals surface area contributed by atoms with Crippen LogP contribution in [0.2, 0.25) is 0 Å². The van der Waals surface area contributed by atoms with Crippen molar-refractivity contribution in [1.82, 2.24) is 4.90 Å². The van der Waals surface area contributed by atoms with Crippen LogP contribution >= 0.6 is 0 Å². The second-order valence-electron chi connectivity index (χ2n) is 7.72. The second kappa shape index (κ2) is 9.74. The molecule has 1 fully saturated rings. The zero-order chi connectivity index (χ0) is 21.7. The predicted octanol–water partition coefficient (Wildman–Crippen LogP) is 4.86. The molecule has 3 rings (SSSR count). The van der Waals surface area contributed by atoms with Crippen LogP contribution in [0.15, 0.2) is 42.5 Å². The maximum atomic E-state index is 13.4. The maximum absolute atomic E-state index is 13.4. The Morgan fingerprint density at radius 1 is 1.27 bits per heavy atom. The Kier molecular flexibility index (Phi) is 7.08. The van der Waals surface area contributed by atoms with E-state index in [2.05, 4.69) is 12.2 Å². The number of amides is 2. The van der Waals surface area contributed by atoms with Gasteiger partial charge >= 0.3 is 0 Å². The number of nitrogens with zero attached hydrogens (tertiary/aromatic N) is 1. The van der Waals surface area contributed by atoms with Gasteiger partial charge in [-0.1, -0.05) is 31.5 Å². The Morgan fingerprint density at radius 3 is 2.73 bits per heavy atom. The SMILES string of the molecule is CCCCN1C(=O)CC[C@@H](C(=O)Nc2ccc(F)cc2C)[C@@H]1c1ccccc1OC. The van der Waals surface area contributed by atoms with Crippen LogP contribution in [0.4, 0.5) is 10.1 Å². The molecule has 2 aromatic rings. The summed E-state index contributed by atoms with van der Waals surface area (Å²) in [5.41, 5.74) is 2.07. The number of halogens is 1. The van der Waals surface area contributed by atoms with Gasteiger partial charge < -0.3 is 15.0 Å². The fraction of sp³-hybridized carbons (Fsp3) is 0.417. The lowest BCUT2D eigenvalue weighted by atomic mass is 9.83. The van der Waals surface area contributed by atoms with Gasteiger partial charge in [-0.05, 0) is 49.6 Å². The molecule has 2 atom stereocenters. The number of benzene rings is 2. The molecule has 2 aromatic carbocycles. The lowest BCUT2D eigenvalue weighted by Crippen LogP contribution is -2.47. The predicted molar refractivity (Wildman–Crippen MR) is 115 cm³/mol. The van der Waals surface area contributed by atoms with E-state index < -0.39 is 12.0 Å². The van der Waals surface area contributed by atoms with Crippen molar-refractivity contribution in [3.63, 3.8) is 0 Å². The zero-order valence-corrected chi connectivity index (χ0v) is 17.8.